The Kier molecular flexibility index (Phi) is 6.15. The first-order valence-electron chi connectivity index (χ1n) is 12.6. The smallest absolute Gasteiger partial charge is 0.336 e. The van der Waals surface area contributed by atoms with Gasteiger partial charge in [-0.05, 0) is 64.9 Å². The molecule has 2 N–H and O–H groups in total. The maximum Gasteiger partial charge on any atom is 0.336 e. The van der Waals surface area contributed by atoms with Crippen molar-refractivity contribution in [3.05, 3.63) is 100 Å². The number of fused-ring (bicyclic) bond motifs is 2. The fourth-order valence-corrected chi connectivity index (χ4v) is 6.56. The highest BCUT2D eigenvalue weighted by molar-refractivity contribution is 7.91. The normalized spacial score (nSPS) is 16.5. The first kappa shape index (κ1) is 24.2. The quantitative estimate of drug-likeness (QED) is 0.382. The molecular formula is C31H26N2O4S. The minimum Gasteiger partial charge on any atom is -0.478 e. The molecule has 0 unspecified atom stereocenters. The summed E-state index contributed by atoms with van der Waals surface area (Å²) in [4.78, 5) is 17.5. The molecule has 0 saturated carbocycles. The Morgan fingerprint density at radius 2 is 1.84 bits per heavy atom. The first-order chi connectivity index (χ1) is 18.3. The fraction of sp³-hybridized carbons (Fsp3) is 0.194. The van der Waals surface area contributed by atoms with E-state index in [4.69, 9.17) is 0 Å². The van der Waals surface area contributed by atoms with Crippen LogP contribution in [-0.2, 0) is 16.3 Å². The average molecular weight is 523 g/mol. The number of carboxylic acid groups (broad SMARTS) is 1. The van der Waals surface area contributed by atoms with Crippen molar-refractivity contribution in [2.24, 2.45) is 0 Å². The molecule has 1 fully saturated rings. The Labute approximate surface area is 221 Å². The van der Waals surface area contributed by atoms with Crippen LogP contribution in [0.1, 0.15) is 32.6 Å². The number of hydrogen-bond acceptors (Lipinski definition) is 4. The highest BCUT2D eigenvalue weighted by Crippen LogP contribution is 2.31. The van der Waals surface area contributed by atoms with Crippen LogP contribution < -0.4 is 0 Å². The molecule has 2 heterocycles. The maximum absolute atomic E-state index is 12.1. The minimum absolute atomic E-state index is 0.219. The zero-order valence-corrected chi connectivity index (χ0v) is 21.5. The summed E-state index contributed by atoms with van der Waals surface area (Å²) in [5.74, 6) is 5.97. The molecule has 6 rings (SSSR count). The van der Waals surface area contributed by atoms with Gasteiger partial charge in [-0.3, -0.25) is 4.90 Å². The molecule has 0 amide bonds. The molecule has 0 radical (unpaired) electrons. The summed E-state index contributed by atoms with van der Waals surface area (Å²) in [6.07, 6.45) is 4.88. The van der Waals surface area contributed by atoms with Crippen molar-refractivity contribution in [1.82, 2.24) is 9.88 Å². The largest absolute Gasteiger partial charge is 0.478 e. The maximum atomic E-state index is 12.1. The van der Waals surface area contributed by atoms with E-state index in [2.05, 4.69) is 39.9 Å². The number of aromatic amines is 1. The van der Waals surface area contributed by atoms with E-state index in [1.54, 1.807) is 12.1 Å². The average Bonchev–Trinajstić information content (AvgIpc) is 3.54. The third kappa shape index (κ3) is 4.89. The summed E-state index contributed by atoms with van der Waals surface area (Å²) in [5, 5.41) is 10.9. The van der Waals surface area contributed by atoms with Gasteiger partial charge in [-0.2, -0.15) is 0 Å². The van der Waals surface area contributed by atoms with Crippen molar-refractivity contribution in [2.45, 2.75) is 6.42 Å². The van der Waals surface area contributed by atoms with Crippen LogP contribution in [0, 0.1) is 11.8 Å². The van der Waals surface area contributed by atoms with Gasteiger partial charge in [-0.15, -0.1) is 0 Å². The van der Waals surface area contributed by atoms with Crippen molar-refractivity contribution in [1.29, 1.82) is 0 Å². The molecule has 1 aromatic heterocycles. The molecule has 1 saturated heterocycles. The van der Waals surface area contributed by atoms with E-state index in [0.717, 1.165) is 35.0 Å². The lowest BCUT2D eigenvalue weighted by molar-refractivity contribution is 0.0697. The standard InChI is InChI=1S/C31H26N2O4S/c34-31(35)28-3-1-2-24(30(28)26-9-8-23-10-11-32-29(23)19-26)6-4-21-5-7-25-17-22(18-27(25)16-21)20-33-12-14-38(36,37)15-13-33/h1-3,5,7-11,16-17,19,32H,12-15,18,20H2,(H,34,35). The molecule has 0 bridgehead atoms. The number of benzene rings is 3. The van der Waals surface area contributed by atoms with Gasteiger partial charge in [0, 0.05) is 48.0 Å². The number of carboxylic acids is 1. The third-order valence-electron chi connectivity index (χ3n) is 7.26. The highest BCUT2D eigenvalue weighted by atomic mass is 32.2. The molecule has 1 aliphatic carbocycles. The second-order valence-electron chi connectivity index (χ2n) is 9.88. The summed E-state index contributed by atoms with van der Waals surface area (Å²) >= 11 is 0. The number of nitrogens with zero attached hydrogens (tertiary/aromatic N) is 1. The first-order valence-corrected chi connectivity index (χ1v) is 14.4. The molecule has 6 nitrogen and oxygen atoms in total. The summed E-state index contributed by atoms with van der Waals surface area (Å²) in [7, 11) is -2.88. The molecular weight excluding hydrogens is 496 g/mol. The fourth-order valence-electron chi connectivity index (χ4n) is 5.28. The number of rotatable bonds is 4. The van der Waals surface area contributed by atoms with Crippen LogP contribution in [-0.4, -0.2) is 60.5 Å². The number of H-pyrrole nitrogens is 1. The Morgan fingerprint density at radius 3 is 2.66 bits per heavy atom. The number of aromatic nitrogens is 1. The Balaban J connectivity index is 1.26. The van der Waals surface area contributed by atoms with Gasteiger partial charge in [0.15, 0.2) is 9.84 Å². The number of hydrogen-bond donors (Lipinski definition) is 2. The van der Waals surface area contributed by atoms with Crippen LogP contribution >= 0.6 is 0 Å². The number of carbonyl (C=O) groups is 1. The number of nitrogens with one attached hydrogen (secondary N) is 1. The van der Waals surface area contributed by atoms with Crippen molar-refractivity contribution in [3.63, 3.8) is 0 Å². The second kappa shape index (κ2) is 9.64. The van der Waals surface area contributed by atoms with Crippen LogP contribution in [0.2, 0.25) is 0 Å². The molecule has 3 aromatic carbocycles. The van der Waals surface area contributed by atoms with Crippen LogP contribution in [0.3, 0.4) is 0 Å². The van der Waals surface area contributed by atoms with Crippen molar-refractivity contribution >= 4 is 32.8 Å². The minimum atomic E-state index is -2.88. The third-order valence-corrected chi connectivity index (χ3v) is 8.87. The van der Waals surface area contributed by atoms with Gasteiger partial charge in [0.1, 0.15) is 0 Å². The van der Waals surface area contributed by atoms with Crippen LogP contribution in [0.4, 0.5) is 0 Å². The zero-order valence-electron chi connectivity index (χ0n) is 20.7. The molecule has 7 heteroatoms. The van der Waals surface area contributed by atoms with Crippen molar-refractivity contribution in [2.75, 3.05) is 31.1 Å². The van der Waals surface area contributed by atoms with Crippen LogP contribution in [0.25, 0.3) is 28.1 Å². The van der Waals surface area contributed by atoms with Gasteiger partial charge in [0.05, 0.1) is 17.1 Å². The van der Waals surface area contributed by atoms with Gasteiger partial charge in [-0.25, -0.2) is 13.2 Å². The monoisotopic (exact) mass is 522 g/mol. The molecule has 190 valence electrons. The Bertz CT molecular complexity index is 1770. The van der Waals surface area contributed by atoms with Gasteiger partial charge < -0.3 is 10.1 Å². The topological polar surface area (TPSA) is 90.5 Å². The van der Waals surface area contributed by atoms with E-state index >= 15 is 0 Å². The lowest BCUT2D eigenvalue weighted by Gasteiger charge is -2.26. The van der Waals surface area contributed by atoms with Crippen molar-refractivity contribution < 1.29 is 18.3 Å². The van der Waals surface area contributed by atoms with E-state index in [-0.39, 0.29) is 17.1 Å². The second-order valence-corrected chi connectivity index (χ2v) is 12.2. The molecule has 2 aliphatic rings. The van der Waals surface area contributed by atoms with Gasteiger partial charge in [0.2, 0.25) is 0 Å². The van der Waals surface area contributed by atoms with E-state index in [0.29, 0.717) is 24.2 Å². The summed E-state index contributed by atoms with van der Waals surface area (Å²) in [6.45, 7) is 1.95. The number of sulfone groups is 1. The van der Waals surface area contributed by atoms with Crippen LogP contribution in [0.15, 0.2) is 72.4 Å². The SMILES string of the molecule is O=C(O)c1cccc(C#Cc2ccc3c(c2)CC(CN2CCS(=O)(=O)CC2)=C3)c1-c1ccc2cc[nH]c2c1. The summed E-state index contributed by atoms with van der Waals surface area (Å²) in [6, 6.07) is 19.2. The van der Waals surface area contributed by atoms with E-state index in [1.807, 2.05) is 42.6 Å². The van der Waals surface area contributed by atoms with Crippen LogP contribution in [0.5, 0.6) is 0 Å². The molecule has 4 aromatic rings. The van der Waals surface area contributed by atoms with Crippen molar-refractivity contribution in [3.8, 4) is 23.0 Å². The molecule has 0 spiro atoms. The molecule has 38 heavy (non-hydrogen) atoms. The molecule has 1 aliphatic heterocycles. The van der Waals surface area contributed by atoms with E-state index in [9.17, 15) is 18.3 Å². The Hall–Kier alpha value is -4.12. The van der Waals surface area contributed by atoms with Gasteiger partial charge in [0.25, 0.3) is 0 Å². The van der Waals surface area contributed by atoms with Gasteiger partial charge >= 0.3 is 5.97 Å². The van der Waals surface area contributed by atoms with E-state index in [1.165, 1.54) is 16.7 Å². The predicted molar refractivity (Wildman–Crippen MR) is 150 cm³/mol. The van der Waals surface area contributed by atoms with E-state index < -0.39 is 15.8 Å². The Morgan fingerprint density at radius 1 is 1.00 bits per heavy atom. The summed E-state index contributed by atoms with van der Waals surface area (Å²) < 4.78 is 23.4. The molecule has 0 atom stereocenters. The predicted octanol–water partition coefficient (Wildman–Crippen LogP) is 4.60. The number of aromatic carboxylic acids is 1. The lowest BCUT2D eigenvalue weighted by Crippen LogP contribution is -2.41. The highest BCUT2D eigenvalue weighted by Gasteiger charge is 2.23. The zero-order chi connectivity index (χ0) is 26.3. The lowest BCUT2D eigenvalue weighted by atomic mass is 9.93. The van der Waals surface area contributed by atoms with Gasteiger partial charge in [-0.1, -0.05) is 47.8 Å². The summed E-state index contributed by atoms with van der Waals surface area (Å²) in [5.41, 5.74) is 7.75.